The first kappa shape index (κ1) is 19.0. The zero-order valence-electron chi connectivity index (χ0n) is 15.8. The summed E-state index contributed by atoms with van der Waals surface area (Å²) < 4.78 is 6.00. The second-order valence-corrected chi connectivity index (χ2v) is 8.61. The van der Waals surface area contributed by atoms with E-state index >= 15 is 0 Å². The van der Waals surface area contributed by atoms with Crippen molar-refractivity contribution in [1.29, 1.82) is 0 Å². The smallest absolute Gasteiger partial charge is 0.264 e. The van der Waals surface area contributed by atoms with Crippen LogP contribution in [0.3, 0.4) is 0 Å². The number of rotatable bonds is 3. The molecular formula is C20H27ClN2O3. The van der Waals surface area contributed by atoms with Crippen LogP contribution in [0.4, 0.5) is 0 Å². The van der Waals surface area contributed by atoms with Crippen LogP contribution >= 0.6 is 11.6 Å². The minimum atomic E-state index is -0.725. The highest BCUT2D eigenvalue weighted by atomic mass is 35.5. The molecule has 1 fully saturated rings. The van der Waals surface area contributed by atoms with E-state index in [2.05, 4.69) is 5.32 Å². The predicted molar refractivity (Wildman–Crippen MR) is 101 cm³/mol. The maximum atomic E-state index is 13.2. The van der Waals surface area contributed by atoms with Crippen molar-refractivity contribution in [3.63, 3.8) is 0 Å². The van der Waals surface area contributed by atoms with Crippen LogP contribution in [0.5, 0.6) is 5.75 Å². The molecule has 1 aliphatic heterocycles. The quantitative estimate of drug-likeness (QED) is 0.869. The van der Waals surface area contributed by atoms with Gasteiger partial charge in [0, 0.05) is 22.2 Å². The molecule has 1 saturated carbocycles. The van der Waals surface area contributed by atoms with Crippen molar-refractivity contribution in [1.82, 2.24) is 10.2 Å². The molecule has 6 heteroatoms. The van der Waals surface area contributed by atoms with E-state index in [1.165, 1.54) is 0 Å². The first-order valence-corrected chi connectivity index (χ1v) is 9.69. The Morgan fingerprint density at radius 3 is 2.58 bits per heavy atom. The Kier molecular flexibility index (Phi) is 5.20. The number of hydrogen-bond donors (Lipinski definition) is 1. The molecule has 0 saturated heterocycles. The van der Waals surface area contributed by atoms with E-state index < -0.39 is 17.7 Å². The predicted octanol–water partition coefficient (Wildman–Crippen LogP) is 3.85. The number of benzene rings is 1. The second-order valence-electron chi connectivity index (χ2n) is 8.17. The van der Waals surface area contributed by atoms with Gasteiger partial charge in [-0.25, -0.2) is 0 Å². The molecule has 0 spiro atoms. The van der Waals surface area contributed by atoms with Gasteiger partial charge in [-0.2, -0.15) is 0 Å². The number of nitrogens with zero attached hydrogens (tertiary/aromatic N) is 1. The fourth-order valence-corrected chi connectivity index (χ4v) is 3.69. The third-order valence-corrected chi connectivity index (χ3v) is 5.16. The molecule has 2 unspecified atom stereocenters. The van der Waals surface area contributed by atoms with Crippen molar-refractivity contribution >= 4 is 23.4 Å². The summed E-state index contributed by atoms with van der Waals surface area (Å²) in [6.45, 7) is 7.72. The molecule has 0 radical (unpaired) electrons. The number of amides is 2. The fourth-order valence-electron chi connectivity index (χ4n) is 3.51. The Morgan fingerprint density at radius 1 is 1.35 bits per heavy atom. The van der Waals surface area contributed by atoms with Crippen LogP contribution < -0.4 is 10.1 Å². The molecule has 1 aromatic carbocycles. The molecule has 1 aromatic rings. The molecule has 1 heterocycles. The van der Waals surface area contributed by atoms with E-state index in [4.69, 9.17) is 16.3 Å². The highest BCUT2D eigenvalue weighted by molar-refractivity contribution is 6.30. The maximum absolute atomic E-state index is 13.2. The number of carbonyl (C=O) groups excluding carboxylic acids is 2. The Balaban J connectivity index is 2.11. The van der Waals surface area contributed by atoms with Gasteiger partial charge < -0.3 is 15.0 Å². The monoisotopic (exact) mass is 378 g/mol. The molecule has 2 amide bonds. The average molecular weight is 379 g/mol. The van der Waals surface area contributed by atoms with Crippen LogP contribution in [0.2, 0.25) is 5.02 Å². The van der Waals surface area contributed by atoms with Gasteiger partial charge in [0.1, 0.15) is 11.8 Å². The minimum Gasteiger partial charge on any atom is -0.480 e. The van der Waals surface area contributed by atoms with Crippen molar-refractivity contribution in [2.75, 3.05) is 0 Å². The van der Waals surface area contributed by atoms with Gasteiger partial charge in [0.2, 0.25) is 5.91 Å². The summed E-state index contributed by atoms with van der Waals surface area (Å²) in [5.74, 6) is 0.255. The normalized spacial score (nSPS) is 23.6. The first-order valence-electron chi connectivity index (χ1n) is 9.31. The molecule has 0 bridgehead atoms. The zero-order valence-corrected chi connectivity index (χ0v) is 16.6. The molecule has 2 aliphatic rings. The van der Waals surface area contributed by atoms with Gasteiger partial charge in [-0.15, -0.1) is 0 Å². The van der Waals surface area contributed by atoms with Gasteiger partial charge in [0.25, 0.3) is 5.91 Å². The largest absolute Gasteiger partial charge is 0.480 e. The Hall–Kier alpha value is -1.75. The summed E-state index contributed by atoms with van der Waals surface area (Å²) in [4.78, 5) is 28.2. The molecule has 0 aromatic heterocycles. The number of fused-ring (bicyclic) bond motifs is 1. The summed E-state index contributed by atoms with van der Waals surface area (Å²) in [7, 11) is 0. The molecular weight excluding hydrogens is 352 g/mol. The Morgan fingerprint density at radius 2 is 2.04 bits per heavy atom. The molecule has 26 heavy (non-hydrogen) atoms. The van der Waals surface area contributed by atoms with E-state index in [0.717, 1.165) is 19.3 Å². The van der Waals surface area contributed by atoms with Gasteiger partial charge >= 0.3 is 0 Å². The third kappa shape index (κ3) is 3.68. The lowest BCUT2D eigenvalue weighted by Crippen LogP contribution is -2.55. The summed E-state index contributed by atoms with van der Waals surface area (Å²) in [6, 6.07) is 4.59. The lowest BCUT2D eigenvalue weighted by molar-refractivity contribution is -0.150. The lowest BCUT2D eigenvalue weighted by atomic mass is 9.88. The van der Waals surface area contributed by atoms with Crippen molar-refractivity contribution < 1.29 is 14.3 Å². The summed E-state index contributed by atoms with van der Waals surface area (Å²) in [5.41, 5.74) is 0.261. The van der Waals surface area contributed by atoms with E-state index in [9.17, 15) is 9.59 Å². The van der Waals surface area contributed by atoms with Crippen molar-refractivity contribution in [3.05, 3.63) is 28.8 Å². The number of hydrogen-bond acceptors (Lipinski definition) is 3. The lowest BCUT2D eigenvalue weighted by Gasteiger charge is -2.42. The second kappa shape index (κ2) is 7.10. The standard InChI is InChI=1S/C20H27ClN2O3/c1-5-15-19(25)23(13-7-6-8-13)17(18(24)22-20(2,3)4)14-11-12(21)9-10-16(14)26-15/h9-11,13,15,17H,5-8H2,1-4H3,(H,22,24). The molecule has 1 aliphatic carbocycles. The highest BCUT2D eigenvalue weighted by Gasteiger charge is 2.45. The first-order chi connectivity index (χ1) is 12.2. The van der Waals surface area contributed by atoms with Crippen molar-refractivity contribution in [2.24, 2.45) is 0 Å². The van der Waals surface area contributed by atoms with Crippen LogP contribution in [-0.2, 0) is 9.59 Å². The SMILES string of the molecule is CCC1Oc2ccc(Cl)cc2C(C(=O)NC(C)(C)C)N(C2CCC2)C1=O. The third-order valence-electron chi connectivity index (χ3n) is 4.93. The summed E-state index contributed by atoms with van der Waals surface area (Å²) in [5, 5.41) is 3.56. The van der Waals surface area contributed by atoms with Gasteiger partial charge in [-0.1, -0.05) is 18.5 Å². The van der Waals surface area contributed by atoms with Crippen molar-refractivity contribution in [2.45, 2.75) is 77.1 Å². The highest BCUT2D eigenvalue weighted by Crippen LogP contribution is 2.41. The van der Waals surface area contributed by atoms with E-state index in [0.29, 0.717) is 22.8 Å². The number of ether oxygens (including phenoxy) is 1. The number of carbonyl (C=O) groups is 2. The number of nitrogens with one attached hydrogen (secondary N) is 1. The molecule has 142 valence electrons. The van der Waals surface area contributed by atoms with Gasteiger partial charge in [-0.05, 0) is 64.7 Å². The van der Waals surface area contributed by atoms with Gasteiger partial charge in [0.15, 0.2) is 6.10 Å². The summed E-state index contributed by atoms with van der Waals surface area (Å²) in [6.07, 6.45) is 2.87. The van der Waals surface area contributed by atoms with Gasteiger partial charge in [0.05, 0.1) is 0 Å². The molecule has 2 atom stereocenters. The van der Waals surface area contributed by atoms with E-state index in [-0.39, 0.29) is 17.9 Å². The van der Waals surface area contributed by atoms with E-state index in [1.54, 1.807) is 23.1 Å². The van der Waals surface area contributed by atoms with Crippen LogP contribution in [0.15, 0.2) is 18.2 Å². The van der Waals surface area contributed by atoms with Crippen LogP contribution in [-0.4, -0.2) is 34.4 Å². The topological polar surface area (TPSA) is 58.6 Å². The van der Waals surface area contributed by atoms with Crippen molar-refractivity contribution in [3.8, 4) is 5.75 Å². The van der Waals surface area contributed by atoms with Crippen LogP contribution in [0.25, 0.3) is 0 Å². The summed E-state index contributed by atoms with van der Waals surface area (Å²) >= 11 is 6.22. The maximum Gasteiger partial charge on any atom is 0.264 e. The Labute approximate surface area is 160 Å². The number of halogens is 1. The van der Waals surface area contributed by atoms with Crippen LogP contribution in [0, 0.1) is 0 Å². The molecule has 3 rings (SSSR count). The molecule has 1 N–H and O–H groups in total. The van der Waals surface area contributed by atoms with Crippen LogP contribution in [0.1, 0.15) is 65.0 Å². The van der Waals surface area contributed by atoms with Gasteiger partial charge in [-0.3, -0.25) is 9.59 Å². The fraction of sp³-hybridized carbons (Fsp3) is 0.600. The zero-order chi connectivity index (χ0) is 19.1. The average Bonchev–Trinajstić information content (AvgIpc) is 2.60. The Bertz CT molecular complexity index is 709. The van der Waals surface area contributed by atoms with E-state index in [1.807, 2.05) is 27.7 Å². The molecule has 5 nitrogen and oxygen atoms in total. The minimum absolute atomic E-state index is 0.0702.